The maximum absolute atomic E-state index is 13.7. The fourth-order valence-electron chi connectivity index (χ4n) is 4.19. The topological polar surface area (TPSA) is 103 Å². The Balaban J connectivity index is 1.95. The van der Waals surface area contributed by atoms with Gasteiger partial charge in [-0.1, -0.05) is 80.1 Å². The van der Waals surface area contributed by atoms with Crippen molar-refractivity contribution in [2.75, 3.05) is 7.11 Å². The lowest BCUT2D eigenvalue weighted by molar-refractivity contribution is -0.128. The molecule has 0 bridgehead atoms. The second kappa shape index (κ2) is 13.7. The van der Waals surface area contributed by atoms with E-state index in [1.54, 1.807) is 21.0 Å². The lowest BCUT2D eigenvalue weighted by Crippen LogP contribution is -2.56. The minimum absolute atomic E-state index is 0.269. The molecule has 0 saturated heterocycles. The van der Waals surface area contributed by atoms with Gasteiger partial charge in [0.2, 0.25) is 5.91 Å². The third-order valence-electron chi connectivity index (χ3n) is 6.20. The van der Waals surface area contributed by atoms with Crippen LogP contribution in [0.1, 0.15) is 56.0 Å². The maximum Gasteiger partial charge on any atom is 0.425 e. The molecule has 0 aliphatic rings. The molecule has 0 aromatic heterocycles. The molecule has 3 aromatic carbocycles. The number of hydrazine groups is 1. The highest BCUT2D eigenvalue weighted by molar-refractivity contribution is 5.86. The molecule has 3 N–H and O–H groups in total. The minimum atomic E-state index is -0.948. The van der Waals surface area contributed by atoms with E-state index in [0.717, 1.165) is 27.3 Å². The van der Waals surface area contributed by atoms with E-state index in [4.69, 9.17) is 20.1 Å². The van der Waals surface area contributed by atoms with Crippen LogP contribution >= 0.6 is 0 Å². The van der Waals surface area contributed by atoms with Crippen molar-refractivity contribution in [2.45, 2.75) is 59.4 Å². The first-order valence-corrected chi connectivity index (χ1v) is 13.1. The zero-order valence-electron chi connectivity index (χ0n) is 23.5. The first-order valence-electron chi connectivity index (χ1n) is 13.1. The number of rotatable bonds is 11. The van der Waals surface area contributed by atoms with E-state index in [-0.39, 0.29) is 12.0 Å². The molecule has 3 aromatic rings. The number of carbonyl (C=O) groups is 2. The highest BCUT2D eigenvalue weighted by Crippen LogP contribution is 2.33. The lowest BCUT2D eigenvalue weighted by atomic mass is 9.95. The number of methoxy groups -OCH3 is 1. The predicted molar refractivity (Wildman–Crippen MR) is 151 cm³/mol. The van der Waals surface area contributed by atoms with Gasteiger partial charge in [0.25, 0.3) is 0 Å². The van der Waals surface area contributed by atoms with Gasteiger partial charge in [-0.3, -0.25) is 4.79 Å². The van der Waals surface area contributed by atoms with E-state index in [0.29, 0.717) is 18.1 Å². The number of hydrogen-bond acceptors (Lipinski definition) is 6. The molecule has 3 rings (SSSR count). The number of nitrogens with one attached hydrogen (secondary N) is 1. The van der Waals surface area contributed by atoms with E-state index in [9.17, 15) is 9.59 Å². The number of nitrogens with two attached hydrogens (primary N) is 1. The summed E-state index contributed by atoms with van der Waals surface area (Å²) < 4.78 is 16.9. The van der Waals surface area contributed by atoms with Crippen molar-refractivity contribution in [2.24, 2.45) is 11.8 Å². The smallest absolute Gasteiger partial charge is 0.425 e. The van der Waals surface area contributed by atoms with Gasteiger partial charge in [0, 0.05) is 0 Å². The summed E-state index contributed by atoms with van der Waals surface area (Å²) in [5, 5.41) is 3.98. The second-order valence-corrected chi connectivity index (χ2v) is 10.1. The number of amides is 2. The highest BCUT2D eigenvalue weighted by atomic mass is 16.6. The Morgan fingerprint density at radius 1 is 0.897 bits per heavy atom. The van der Waals surface area contributed by atoms with E-state index in [2.05, 4.69) is 5.32 Å². The van der Waals surface area contributed by atoms with Crippen LogP contribution in [0.5, 0.6) is 11.5 Å². The fourth-order valence-corrected chi connectivity index (χ4v) is 4.19. The van der Waals surface area contributed by atoms with Crippen molar-refractivity contribution in [3.05, 3.63) is 95.1 Å². The van der Waals surface area contributed by atoms with Gasteiger partial charge in [-0.2, -0.15) is 0 Å². The standard InChI is InChI=1S/C31H39N3O5/c1-20(2)29(34(32)31(36)39-21(3)4)30(35)33-28(24-14-12-22(5)13-15-24)25-16-17-26(37-6)27(18-25)38-19-23-10-8-7-9-11-23/h7-18,20-21,28-29H,19,32H2,1-6H3,(H,33,35)/t28?,29-/m0/s1. The zero-order chi connectivity index (χ0) is 28.5. The Kier molecular flexibility index (Phi) is 10.3. The van der Waals surface area contributed by atoms with Crippen LogP contribution in [0.15, 0.2) is 72.8 Å². The number of benzene rings is 3. The molecule has 0 radical (unpaired) electrons. The molecule has 0 saturated carbocycles. The van der Waals surface area contributed by atoms with Gasteiger partial charge in [-0.05, 0) is 55.5 Å². The first-order chi connectivity index (χ1) is 18.6. The van der Waals surface area contributed by atoms with Gasteiger partial charge in [-0.25, -0.2) is 15.6 Å². The van der Waals surface area contributed by atoms with Crippen molar-refractivity contribution in [3.63, 3.8) is 0 Å². The predicted octanol–water partition coefficient (Wildman–Crippen LogP) is 5.53. The van der Waals surface area contributed by atoms with Crippen LogP contribution in [-0.2, 0) is 16.1 Å². The molecule has 208 valence electrons. The Morgan fingerprint density at radius 3 is 2.13 bits per heavy atom. The average molecular weight is 534 g/mol. The molecule has 2 atom stereocenters. The van der Waals surface area contributed by atoms with Gasteiger partial charge in [0.1, 0.15) is 12.6 Å². The largest absolute Gasteiger partial charge is 0.493 e. The Labute approximate surface area is 231 Å². The van der Waals surface area contributed by atoms with E-state index in [1.807, 2.05) is 93.6 Å². The number of carbonyl (C=O) groups excluding carboxylic acids is 2. The van der Waals surface area contributed by atoms with Crippen molar-refractivity contribution in [1.82, 2.24) is 10.3 Å². The van der Waals surface area contributed by atoms with E-state index >= 15 is 0 Å². The summed E-state index contributed by atoms with van der Waals surface area (Å²) in [5.41, 5.74) is 3.76. The second-order valence-electron chi connectivity index (χ2n) is 10.1. The van der Waals surface area contributed by atoms with Gasteiger partial charge >= 0.3 is 6.09 Å². The van der Waals surface area contributed by atoms with E-state index in [1.165, 1.54) is 0 Å². The lowest BCUT2D eigenvalue weighted by Gasteiger charge is -2.31. The normalized spacial score (nSPS) is 12.5. The Bertz CT molecular complexity index is 1230. The zero-order valence-corrected chi connectivity index (χ0v) is 23.5. The fraction of sp³-hybridized carbons (Fsp3) is 0.355. The van der Waals surface area contributed by atoms with Crippen LogP contribution in [-0.4, -0.2) is 36.3 Å². The summed E-state index contributed by atoms with van der Waals surface area (Å²) in [4.78, 5) is 26.2. The molecule has 0 heterocycles. The third-order valence-corrected chi connectivity index (χ3v) is 6.20. The SMILES string of the molecule is COc1ccc(C(NC(=O)[C@H](C(C)C)N(N)C(=O)OC(C)C)c2ccc(C)cc2)cc1OCc1ccccc1. The molecule has 8 nitrogen and oxygen atoms in total. The summed E-state index contributed by atoms with van der Waals surface area (Å²) in [6.45, 7) is 9.47. The molecule has 2 amide bonds. The van der Waals surface area contributed by atoms with Gasteiger partial charge in [-0.15, -0.1) is 0 Å². The minimum Gasteiger partial charge on any atom is -0.493 e. The number of aryl methyl sites for hydroxylation is 1. The van der Waals surface area contributed by atoms with Crippen LogP contribution in [0.4, 0.5) is 4.79 Å². The monoisotopic (exact) mass is 533 g/mol. The first kappa shape index (κ1) is 29.5. The molecule has 39 heavy (non-hydrogen) atoms. The molecule has 0 aliphatic heterocycles. The summed E-state index contributed by atoms with van der Waals surface area (Å²) in [6.07, 6.45) is -1.12. The molecule has 0 aliphatic carbocycles. The summed E-state index contributed by atoms with van der Waals surface area (Å²) in [5.74, 6) is 6.56. The number of hydrogen-bond donors (Lipinski definition) is 2. The molecular formula is C31H39N3O5. The molecule has 8 heteroatoms. The maximum atomic E-state index is 13.7. The molecule has 0 spiro atoms. The third kappa shape index (κ3) is 7.97. The van der Waals surface area contributed by atoms with Crippen molar-refractivity contribution < 1.29 is 23.8 Å². The van der Waals surface area contributed by atoms with Gasteiger partial charge in [0.15, 0.2) is 11.5 Å². The Morgan fingerprint density at radius 2 is 1.54 bits per heavy atom. The summed E-state index contributed by atoms with van der Waals surface area (Å²) in [7, 11) is 1.59. The van der Waals surface area contributed by atoms with Crippen molar-refractivity contribution in [3.8, 4) is 11.5 Å². The molecular weight excluding hydrogens is 494 g/mol. The van der Waals surface area contributed by atoms with Crippen LogP contribution in [0.25, 0.3) is 0 Å². The summed E-state index contributed by atoms with van der Waals surface area (Å²) in [6, 6.07) is 21.8. The molecule has 0 fully saturated rings. The quantitative estimate of drug-likeness (QED) is 0.191. The number of ether oxygens (including phenoxy) is 3. The van der Waals surface area contributed by atoms with Crippen LogP contribution in [0.2, 0.25) is 0 Å². The van der Waals surface area contributed by atoms with Crippen LogP contribution in [0, 0.1) is 12.8 Å². The summed E-state index contributed by atoms with van der Waals surface area (Å²) >= 11 is 0. The Hall–Kier alpha value is -4.04. The van der Waals surface area contributed by atoms with Gasteiger partial charge in [0.05, 0.1) is 19.3 Å². The van der Waals surface area contributed by atoms with Crippen molar-refractivity contribution in [1.29, 1.82) is 0 Å². The number of nitrogens with zero attached hydrogens (tertiary/aromatic N) is 1. The molecule has 1 unspecified atom stereocenters. The van der Waals surface area contributed by atoms with Crippen LogP contribution < -0.4 is 20.6 Å². The average Bonchev–Trinajstić information content (AvgIpc) is 2.91. The highest BCUT2D eigenvalue weighted by Gasteiger charge is 2.34. The van der Waals surface area contributed by atoms with Crippen molar-refractivity contribution >= 4 is 12.0 Å². The van der Waals surface area contributed by atoms with Crippen LogP contribution in [0.3, 0.4) is 0 Å². The van der Waals surface area contributed by atoms with E-state index < -0.39 is 24.1 Å². The van der Waals surface area contributed by atoms with Gasteiger partial charge < -0.3 is 19.5 Å².